The van der Waals surface area contributed by atoms with Crippen molar-refractivity contribution < 1.29 is 0 Å². The second kappa shape index (κ2) is 6.68. The highest BCUT2D eigenvalue weighted by Gasteiger charge is 2.46. The monoisotopic (exact) mass is 396 g/mol. The Bertz CT molecular complexity index is 1370. The lowest BCUT2D eigenvalue weighted by molar-refractivity contribution is 0.768. The second-order valence-electron chi connectivity index (χ2n) is 8.74. The molecule has 0 radical (unpaired) electrons. The van der Waals surface area contributed by atoms with Gasteiger partial charge in [-0.2, -0.15) is 0 Å². The lowest BCUT2D eigenvalue weighted by Crippen LogP contribution is -2.28. The van der Waals surface area contributed by atoms with Gasteiger partial charge in [0, 0.05) is 0 Å². The van der Waals surface area contributed by atoms with Crippen molar-refractivity contribution >= 4 is 10.8 Å². The van der Waals surface area contributed by atoms with Gasteiger partial charge >= 0.3 is 0 Å². The highest BCUT2D eigenvalue weighted by atomic mass is 14.5. The van der Waals surface area contributed by atoms with E-state index in [0.717, 1.165) is 0 Å². The van der Waals surface area contributed by atoms with Crippen molar-refractivity contribution in [3.05, 3.63) is 143 Å². The first-order chi connectivity index (χ1) is 15.2. The Balaban J connectivity index is 1.82. The molecular weight excluding hydrogens is 372 g/mol. The van der Waals surface area contributed by atoms with Gasteiger partial charge in [-0.1, -0.05) is 120 Å². The molecule has 0 heterocycles. The third-order valence-electron chi connectivity index (χ3n) is 6.90. The zero-order valence-corrected chi connectivity index (χ0v) is 17.9. The van der Waals surface area contributed by atoms with Crippen LogP contribution in [0.1, 0.15) is 33.4 Å². The number of aryl methyl sites for hydroxylation is 2. The Labute approximate surface area is 183 Å². The summed E-state index contributed by atoms with van der Waals surface area (Å²) in [5, 5.41) is 2.62. The van der Waals surface area contributed by atoms with E-state index in [2.05, 4.69) is 123 Å². The van der Waals surface area contributed by atoms with Gasteiger partial charge in [0.15, 0.2) is 0 Å². The minimum Gasteiger partial charge on any atom is -0.0619 e. The van der Waals surface area contributed by atoms with Crippen molar-refractivity contribution in [2.75, 3.05) is 0 Å². The maximum atomic E-state index is 2.36. The van der Waals surface area contributed by atoms with Crippen LogP contribution in [0.4, 0.5) is 0 Å². The van der Waals surface area contributed by atoms with E-state index in [4.69, 9.17) is 0 Å². The Morgan fingerprint density at radius 3 is 1.74 bits per heavy atom. The molecule has 5 aromatic carbocycles. The summed E-state index contributed by atoms with van der Waals surface area (Å²) < 4.78 is 0. The molecule has 148 valence electrons. The Hall–Kier alpha value is -3.64. The largest absolute Gasteiger partial charge is 0.0713 e. The van der Waals surface area contributed by atoms with Gasteiger partial charge in [0.25, 0.3) is 0 Å². The quantitative estimate of drug-likeness (QED) is 0.280. The van der Waals surface area contributed by atoms with Gasteiger partial charge in [-0.25, -0.2) is 0 Å². The minimum absolute atomic E-state index is 0.322. The number of rotatable bonds is 2. The van der Waals surface area contributed by atoms with Crippen molar-refractivity contribution in [3.63, 3.8) is 0 Å². The first kappa shape index (κ1) is 18.2. The Kier molecular flexibility index (Phi) is 3.91. The van der Waals surface area contributed by atoms with Gasteiger partial charge in [0.05, 0.1) is 5.41 Å². The van der Waals surface area contributed by atoms with E-state index in [1.54, 1.807) is 0 Å². The molecule has 0 saturated carbocycles. The van der Waals surface area contributed by atoms with E-state index >= 15 is 0 Å². The average Bonchev–Trinajstić information content (AvgIpc) is 3.12. The van der Waals surface area contributed by atoms with E-state index in [0.29, 0.717) is 0 Å². The summed E-state index contributed by atoms with van der Waals surface area (Å²) in [7, 11) is 0. The fraction of sp³-hybridized carbons (Fsp3) is 0.0968. The van der Waals surface area contributed by atoms with Crippen LogP contribution in [0.3, 0.4) is 0 Å². The van der Waals surface area contributed by atoms with Gasteiger partial charge in [-0.15, -0.1) is 0 Å². The summed E-state index contributed by atoms with van der Waals surface area (Å²) in [5.41, 5.74) is 10.4. The lowest BCUT2D eigenvalue weighted by Gasteiger charge is -2.34. The molecule has 0 spiro atoms. The van der Waals surface area contributed by atoms with Crippen LogP contribution in [0.25, 0.3) is 21.9 Å². The van der Waals surface area contributed by atoms with Crippen LogP contribution in [0, 0.1) is 13.8 Å². The van der Waals surface area contributed by atoms with E-state index in [-0.39, 0.29) is 5.41 Å². The molecule has 1 aliphatic rings. The normalized spacial score (nSPS) is 13.7. The van der Waals surface area contributed by atoms with Gasteiger partial charge in [-0.05, 0) is 58.0 Å². The van der Waals surface area contributed by atoms with E-state index in [1.807, 2.05) is 0 Å². The summed E-state index contributed by atoms with van der Waals surface area (Å²) in [6.07, 6.45) is 0. The van der Waals surface area contributed by atoms with Crippen LogP contribution in [0.2, 0.25) is 0 Å². The first-order valence-corrected chi connectivity index (χ1v) is 11.0. The third kappa shape index (κ3) is 2.48. The Morgan fingerprint density at radius 2 is 1.06 bits per heavy atom. The molecule has 0 aromatic heterocycles. The maximum Gasteiger partial charge on any atom is 0.0713 e. The average molecular weight is 397 g/mol. The molecule has 0 amide bonds. The van der Waals surface area contributed by atoms with Gasteiger partial charge in [-0.3, -0.25) is 0 Å². The summed E-state index contributed by atoms with van der Waals surface area (Å²) in [6.45, 7) is 4.32. The van der Waals surface area contributed by atoms with E-state index < -0.39 is 0 Å². The smallest absolute Gasteiger partial charge is 0.0619 e. The fourth-order valence-corrected chi connectivity index (χ4v) is 5.44. The zero-order valence-electron chi connectivity index (χ0n) is 17.9. The van der Waals surface area contributed by atoms with Crippen LogP contribution < -0.4 is 0 Å². The van der Waals surface area contributed by atoms with E-state index in [1.165, 1.54) is 55.3 Å². The standard InChI is InChI=1S/C31H24/c1-21-11-16-24(17-12-21)31(25-18-13-22(2)14-19-25)28-10-6-5-9-27(28)30-26-8-4-3-7-23(26)15-20-29(30)31/h3-20H,1-2H3. The maximum absolute atomic E-state index is 2.36. The molecule has 31 heavy (non-hydrogen) atoms. The molecule has 6 rings (SSSR count). The molecule has 1 aliphatic carbocycles. The predicted molar refractivity (Wildman–Crippen MR) is 131 cm³/mol. The predicted octanol–water partition coefficient (Wildman–Crippen LogP) is 7.82. The molecule has 0 nitrogen and oxygen atoms in total. The third-order valence-corrected chi connectivity index (χ3v) is 6.90. The molecule has 0 fully saturated rings. The van der Waals surface area contributed by atoms with E-state index in [9.17, 15) is 0 Å². The first-order valence-electron chi connectivity index (χ1n) is 11.0. The molecular formula is C31H24. The number of hydrogen-bond donors (Lipinski definition) is 0. The van der Waals surface area contributed by atoms with Gasteiger partial charge in [0.1, 0.15) is 0 Å². The molecule has 0 heteroatoms. The molecule has 0 aliphatic heterocycles. The van der Waals surface area contributed by atoms with Crippen molar-refractivity contribution in [1.82, 2.24) is 0 Å². The number of hydrogen-bond acceptors (Lipinski definition) is 0. The molecule has 5 aromatic rings. The SMILES string of the molecule is Cc1ccc(C2(c3ccc(C)cc3)c3ccccc3-c3c2ccc2ccccc32)cc1. The zero-order chi connectivity index (χ0) is 21.0. The molecule has 0 N–H and O–H groups in total. The second-order valence-corrected chi connectivity index (χ2v) is 8.74. The Morgan fingerprint density at radius 1 is 0.484 bits per heavy atom. The van der Waals surface area contributed by atoms with Crippen LogP contribution in [0.15, 0.2) is 109 Å². The van der Waals surface area contributed by atoms with Crippen LogP contribution in [-0.2, 0) is 5.41 Å². The number of fused-ring (bicyclic) bond motifs is 5. The molecule has 0 bridgehead atoms. The molecule has 0 unspecified atom stereocenters. The lowest BCUT2D eigenvalue weighted by atomic mass is 9.67. The topological polar surface area (TPSA) is 0 Å². The van der Waals surface area contributed by atoms with Crippen molar-refractivity contribution in [2.45, 2.75) is 19.3 Å². The summed E-state index contributed by atoms with van der Waals surface area (Å²) in [5.74, 6) is 0. The molecule has 0 saturated heterocycles. The summed E-state index contributed by atoms with van der Waals surface area (Å²) in [4.78, 5) is 0. The fourth-order valence-electron chi connectivity index (χ4n) is 5.44. The van der Waals surface area contributed by atoms with Crippen LogP contribution in [-0.4, -0.2) is 0 Å². The van der Waals surface area contributed by atoms with Gasteiger partial charge in [0.2, 0.25) is 0 Å². The van der Waals surface area contributed by atoms with Crippen molar-refractivity contribution in [1.29, 1.82) is 0 Å². The highest BCUT2D eigenvalue weighted by Crippen LogP contribution is 2.57. The van der Waals surface area contributed by atoms with Crippen LogP contribution >= 0.6 is 0 Å². The minimum atomic E-state index is -0.322. The summed E-state index contributed by atoms with van der Waals surface area (Å²) >= 11 is 0. The summed E-state index contributed by atoms with van der Waals surface area (Å²) in [6, 6.07) is 40.6. The highest BCUT2D eigenvalue weighted by molar-refractivity contribution is 6.03. The van der Waals surface area contributed by atoms with Gasteiger partial charge < -0.3 is 0 Å². The number of benzene rings is 5. The van der Waals surface area contributed by atoms with Crippen LogP contribution in [0.5, 0.6) is 0 Å². The van der Waals surface area contributed by atoms with Crippen molar-refractivity contribution in [2.24, 2.45) is 0 Å². The molecule has 0 atom stereocenters. The van der Waals surface area contributed by atoms with Crippen molar-refractivity contribution in [3.8, 4) is 11.1 Å².